The van der Waals surface area contributed by atoms with Crippen molar-refractivity contribution in [3.63, 3.8) is 0 Å². The molecule has 2 amide bonds. The van der Waals surface area contributed by atoms with Crippen molar-refractivity contribution >= 4 is 35.2 Å². The van der Waals surface area contributed by atoms with E-state index in [0.29, 0.717) is 10.0 Å². The summed E-state index contributed by atoms with van der Waals surface area (Å²) >= 11 is 12.1. The Kier molecular flexibility index (Phi) is 4.92. The molecule has 1 unspecified atom stereocenters. The molecule has 0 bridgehead atoms. The molecule has 3 rings (SSSR count). The number of amides is 2. The van der Waals surface area contributed by atoms with Gasteiger partial charge in [0.05, 0.1) is 22.6 Å². The van der Waals surface area contributed by atoms with Crippen LogP contribution in [-0.2, 0) is 9.53 Å². The molecule has 1 aliphatic rings. The number of carbonyl (C=O) groups is 2. The summed E-state index contributed by atoms with van der Waals surface area (Å²) in [6, 6.07) is 14.2. The minimum absolute atomic E-state index is 0.146. The van der Waals surface area contributed by atoms with Gasteiger partial charge in [-0.25, -0.2) is 4.79 Å². The van der Waals surface area contributed by atoms with E-state index in [1.165, 1.54) is 0 Å². The van der Waals surface area contributed by atoms with Crippen molar-refractivity contribution in [2.75, 3.05) is 6.54 Å². The summed E-state index contributed by atoms with van der Waals surface area (Å²) in [5.41, 5.74) is 1.66. The molecular formula is C17H14Cl2N2O3. The summed E-state index contributed by atoms with van der Waals surface area (Å²) in [5, 5.41) is 6.20. The first kappa shape index (κ1) is 16.6. The maximum absolute atomic E-state index is 12.4. The highest BCUT2D eigenvalue weighted by Crippen LogP contribution is 2.29. The van der Waals surface area contributed by atoms with Crippen molar-refractivity contribution in [1.82, 2.24) is 10.6 Å². The Balaban J connectivity index is 1.89. The third-order valence-electron chi connectivity index (χ3n) is 3.67. The summed E-state index contributed by atoms with van der Waals surface area (Å²) in [7, 11) is 0. The van der Waals surface area contributed by atoms with Crippen molar-refractivity contribution in [2.24, 2.45) is 0 Å². The monoisotopic (exact) mass is 364 g/mol. The van der Waals surface area contributed by atoms with E-state index in [1.54, 1.807) is 18.2 Å². The van der Waals surface area contributed by atoms with Gasteiger partial charge in [-0.05, 0) is 23.3 Å². The zero-order valence-electron chi connectivity index (χ0n) is 12.5. The second-order valence-electron chi connectivity index (χ2n) is 5.30. The van der Waals surface area contributed by atoms with Crippen LogP contribution in [-0.4, -0.2) is 24.6 Å². The third-order valence-corrected chi connectivity index (χ3v) is 4.41. The van der Waals surface area contributed by atoms with Crippen LogP contribution in [0.3, 0.4) is 0 Å². The van der Waals surface area contributed by atoms with Gasteiger partial charge in [0.15, 0.2) is 6.10 Å². The lowest BCUT2D eigenvalue weighted by molar-refractivity contribution is -0.128. The molecule has 0 saturated carbocycles. The molecule has 0 radical (unpaired) electrons. The number of ether oxygens (including phenoxy) is 1. The Hall–Kier alpha value is -2.24. The first-order valence-electron chi connectivity index (χ1n) is 7.29. The molecule has 2 aromatic rings. The number of hydrogen-bond donors (Lipinski definition) is 2. The van der Waals surface area contributed by atoms with E-state index >= 15 is 0 Å². The molecule has 0 spiro atoms. The molecule has 5 nitrogen and oxygen atoms in total. The number of nitrogens with one attached hydrogen (secondary N) is 2. The van der Waals surface area contributed by atoms with Crippen LogP contribution < -0.4 is 10.6 Å². The number of carbonyl (C=O) groups excluding carboxylic acids is 2. The van der Waals surface area contributed by atoms with Crippen LogP contribution in [0.15, 0.2) is 48.5 Å². The molecule has 24 heavy (non-hydrogen) atoms. The normalized spacial score (nSPS) is 17.8. The standard InChI is InChI=1S/C17H14Cl2N2O3/c18-12-7-6-11(8-13(12)19)15(10-4-2-1-3-5-10)21-16(22)14-9-20-17(23)24-14/h1-8,14-15H,9H2,(H,20,23)(H,21,22)/t14?,15-/m0/s1. The second-order valence-corrected chi connectivity index (χ2v) is 6.12. The van der Waals surface area contributed by atoms with Gasteiger partial charge >= 0.3 is 6.09 Å². The van der Waals surface area contributed by atoms with Crippen molar-refractivity contribution in [2.45, 2.75) is 12.1 Å². The molecule has 2 N–H and O–H groups in total. The van der Waals surface area contributed by atoms with Crippen molar-refractivity contribution < 1.29 is 14.3 Å². The molecule has 0 aliphatic carbocycles. The lowest BCUT2D eigenvalue weighted by Crippen LogP contribution is -2.39. The fourth-order valence-corrected chi connectivity index (χ4v) is 2.77. The molecule has 124 valence electrons. The Morgan fingerprint density at radius 1 is 1.12 bits per heavy atom. The van der Waals surface area contributed by atoms with Crippen LogP contribution in [0, 0.1) is 0 Å². The van der Waals surface area contributed by atoms with Crippen molar-refractivity contribution in [3.8, 4) is 0 Å². The molecule has 1 heterocycles. The maximum Gasteiger partial charge on any atom is 0.408 e. The van der Waals surface area contributed by atoms with E-state index in [2.05, 4.69) is 10.6 Å². The zero-order valence-corrected chi connectivity index (χ0v) is 14.0. The van der Waals surface area contributed by atoms with Gasteiger partial charge in [0.2, 0.25) is 0 Å². The number of alkyl carbamates (subject to hydrolysis) is 1. The second kappa shape index (κ2) is 7.11. The highest BCUT2D eigenvalue weighted by Gasteiger charge is 2.31. The van der Waals surface area contributed by atoms with E-state index in [9.17, 15) is 9.59 Å². The molecule has 7 heteroatoms. The molecule has 1 aliphatic heterocycles. The lowest BCUT2D eigenvalue weighted by atomic mass is 9.98. The highest BCUT2D eigenvalue weighted by molar-refractivity contribution is 6.42. The quantitative estimate of drug-likeness (QED) is 0.874. The van der Waals surface area contributed by atoms with Gasteiger partial charge < -0.3 is 15.4 Å². The fourth-order valence-electron chi connectivity index (χ4n) is 2.47. The summed E-state index contributed by atoms with van der Waals surface area (Å²) in [6.07, 6.45) is -1.45. The predicted molar refractivity (Wildman–Crippen MR) is 91.2 cm³/mol. The predicted octanol–water partition coefficient (Wildman–Crippen LogP) is 3.31. The van der Waals surface area contributed by atoms with Crippen molar-refractivity contribution in [3.05, 3.63) is 69.7 Å². The number of cyclic esters (lactones) is 1. The van der Waals surface area contributed by atoms with Gasteiger partial charge in [-0.2, -0.15) is 0 Å². The van der Waals surface area contributed by atoms with Crippen LogP contribution >= 0.6 is 23.2 Å². The minimum atomic E-state index is -0.855. The molecule has 1 saturated heterocycles. The smallest absolute Gasteiger partial charge is 0.408 e. The summed E-state index contributed by atoms with van der Waals surface area (Å²) in [5.74, 6) is -0.381. The minimum Gasteiger partial charge on any atom is -0.434 e. The van der Waals surface area contributed by atoms with Crippen LogP contribution in [0.4, 0.5) is 4.79 Å². The average Bonchev–Trinajstić information content (AvgIpc) is 3.02. The van der Waals surface area contributed by atoms with Gasteiger partial charge in [0.1, 0.15) is 0 Å². The summed E-state index contributed by atoms with van der Waals surface area (Å²) in [4.78, 5) is 23.5. The number of hydrogen-bond acceptors (Lipinski definition) is 3. The first-order valence-corrected chi connectivity index (χ1v) is 8.05. The van der Waals surface area contributed by atoms with Gasteiger partial charge in [-0.15, -0.1) is 0 Å². The van der Waals surface area contributed by atoms with Crippen LogP contribution in [0.2, 0.25) is 10.0 Å². The van der Waals surface area contributed by atoms with Crippen LogP contribution in [0.25, 0.3) is 0 Å². The van der Waals surface area contributed by atoms with E-state index in [4.69, 9.17) is 27.9 Å². The molecule has 2 atom stereocenters. The number of benzene rings is 2. The third kappa shape index (κ3) is 3.63. The topological polar surface area (TPSA) is 67.4 Å². The van der Waals surface area contributed by atoms with Crippen LogP contribution in [0.1, 0.15) is 17.2 Å². The largest absolute Gasteiger partial charge is 0.434 e. The molecule has 2 aromatic carbocycles. The average molecular weight is 365 g/mol. The highest BCUT2D eigenvalue weighted by atomic mass is 35.5. The molecule has 1 fully saturated rings. The van der Waals surface area contributed by atoms with Crippen molar-refractivity contribution in [1.29, 1.82) is 0 Å². The number of halogens is 2. The van der Waals surface area contributed by atoms with Gasteiger partial charge in [0.25, 0.3) is 5.91 Å². The maximum atomic E-state index is 12.4. The molecule has 0 aromatic heterocycles. The van der Waals surface area contributed by atoms with Gasteiger partial charge in [-0.3, -0.25) is 4.79 Å². The van der Waals surface area contributed by atoms with Gasteiger partial charge in [0, 0.05) is 0 Å². The Labute approximate surface area is 148 Å². The first-order chi connectivity index (χ1) is 11.5. The van der Waals surface area contributed by atoms with E-state index in [-0.39, 0.29) is 12.5 Å². The lowest BCUT2D eigenvalue weighted by Gasteiger charge is -2.21. The van der Waals surface area contributed by atoms with E-state index in [0.717, 1.165) is 11.1 Å². The Bertz CT molecular complexity index is 768. The fraction of sp³-hybridized carbons (Fsp3) is 0.176. The van der Waals surface area contributed by atoms with E-state index in [1.807, 2.05) is 30.3 Å². The zero-order chi connectivity index (χ0) is 17.1. The van der Waals surface area contributed by atoms with Gasteiger partial charge in [-0.1, -0.05) is 59.6 Å². The summed E-state index contributed by atoms with van der Waals surface area (Å²) in [6.45, 7) is 0.146. The molecular weight excluding hydrogens is 351 g/mol. The summed E-state index contributed by atoms with van der Waals surface area (Å²) < 4.78 is 4.93. The van der Waals surface area contributed by atoms with Crippen LogP contribution in [0.5, 0.6) is 0 Å². The SMILES string of the molecule is O=C1NCC(C(=O)N[C@@H](c2ccccc2)c2ccc(Cl)c(Cl)c2)O1. The van der Waals surface area contributed by atoms with E-state index < -0.39 is 18.2 Å². The Morgan fingerprint density at radius 2 is 1.88 bits per heavy atom. The Morgan fingerprint density at radius 3 is 2.50 bits per heavy atom. The number of rotatable bonds is 4.